The topological polar surface area (TPSA) is 97.6 Å². The predicted octanol–water partition coefficient (Wildman–Crippen LogP) is 5.82. The lowest BCUT2D eigenvalue weighted by atomic mass is 9.95. The standard InChI is InChI=1S/C33H30BrClN2O7S/c1-6-43-32(39)28-18(2)36-33-37(29(28)21-9-12-24(40-3)25(16-21)41-4)31(38)27(45-33)15-20-13-23(34)30(26(14-20)42-5)44-17-19-7-10-22(35)11-8-19/h7-16,29H,6,17H2,1-5H3/b27-15-/t29-/m0/s1. The first-order chi connectivity index (χ1) is 21.7. The lowest BCUT2D eigenvalue weighted by molar-refractivity contribution is -0.139. The molecule has 0 saturated heterocycles. The van der Waals surface area contributed by atoms with Crippen molar-refractivity contribution in [2.24, 2.45) is 4.99 Å². The van der Waals surface area contributed by atoms with Crippen LogP contribution in [0.4, 0.5) is 0 Å². The van der Waals surface area contributed by atoms with E-state index in [1.165, 1.54) is 23.0 Å². The van der Waals surface area contributed by atoms with Gasteiger partial charge in [-0.2, -0.15) is 0 Å². The zero-order valence-electron chi connectivity index (χ0n) is 25.2. The number of carbonyl (C=O) groups is 1. The first-order valence-corrected chi connectivity index (χ1v) is 15.8. The monoisotopic (exact) mass is 712 g/mol. The number of methoxy groups -OCH3 is 3. The number of fused-ring (bicyclic) bond motifs is 1. The van der Waals surface area contributed by atoms with E-state index in [4.69, 9.17) is 35.3 Å². The highest BCUT2D eigenvalue weighted by Gasteiger charge is 2.34. The Kier molecular flexibility index (Phi) is 10.0. The van der Waals surface area contributed by atoms with Gasteiger partial charge in [0.25, 0.3) is 5.56 Å². The molecule has 0 unspecified atom stereocenters. The van der Waals surface area contributed by atoms with Gasteiger partial charge in [0.1, 0.15) is 6.61 Å². The number of ether oxygens (including phenoxy) is 5. The van der Waals surface area contributed by atoms with Gasteiger partial charge in [-0.1, -0.05) is 41.1 Å². The zero-order valence-corrected chi connectivity index (χ0v) is 28.3. The summed E-state index contributed by atoms with van der Waals surface area (Å²) in [6.07, 6.45) is 1.76. The number of hydrogen-bond donors (Lipinski definition) is 0. The van der Waals surface area contributed by atoms with Gasteiger partial charge < -0.3 is 23.7 Å². The van der Waals surface area contributed by atoms with E-state index >= 15 is 0 Å². The highest BCUT2D eigenvalue weighted by molar-refractivity contribution is 9.10. The van der Waals surface area contributed by atoms with Gasteiger partial charge in [-0.25, -0.2) is 9.79 Å². The lowest BCUT2D eigenvalue weighted by Crippen LogP contribution is -2.40. The van der Waals surface area contributed by atoms with Crippen molar-refractivity contribution in [3.63, 3.8) is 0 Å². The predicted molar refractivity (Wildman–Crippen MR) is 176 cm³/mol. The minimum atomic E-state index is -0.799. The lowest BCUT2D eigenvalue weighted by Gasteiger charge is -2.25. The van der Waals surface area contributed by atoms with Crippen LogP contribution in [0.15, 0.2) is 80.1 Å². The van der Waals surface area contributed by atoms with E-state index in [-0.39, 0.29) is 17.7 Å². The summed E-state index contributed by atoms with van der Waals surface area (Å²) >= 11 is 10.8. The summed E-state index contributed by atoms with van der Waals surface area (Å²) in [5, 5.41) is 0.648. The SMILES string of the molecule is CCOC(=O)C1=C(C)N=c2s/c(=C\c3cc(Br)c(OCc4ccc(Cl)cc4)c(OC)c3)c(=O)n2[C@H]1c1ccc(OC)c(OC)c1. The van der Waals surface area contributed by atoms with Gasteiger partial charge >= 0.3 is 5.97 Å². The minimum absolute atomic E-state index is 0.175. The van der Waals surface area contributed by atoms with Crippen molar-refractivity contribution < 1.29 is 28.5 Å². The summed E-state index contributed by atoms with van der Waals surface area (Å²) in [6.45, 7) is 3.95. The molecule has 4 aromatic rings. The van der Waals surface area contributed by atoms with Crippen LogP contribution < -0.4 is 33.8 Å². The molecule has 0 saturated carbocycles. The summed E-state index contributed by atoms with van der Waals surface area (Å²) in [5.74, 6) is 1.45. The smallest absolute Gasteiger partial charge is 0.338 e. The van der Waals surface area contributed by atoms with Crippen molar-refractivity contribution in [1.82, 2.24) is 4.57 Å². The van der Waals surface area contributed by atoms with Crippen LogP contribution in [-0.4, -0.2) is 38.5 Å². The van der Waals surface area contributed by atoms with Crippen molar-refractivity contribution in [3.8, 4) is 23.0 Å². The molecule has 1 atom stereocenters. The van der Waals surface area contributed by atoms with Gasteiger partial charge in [-0.15, -0.1) is 0 Å². The average Bonchev–Trinajstić information content (AvgIpc) is 3.33. The van der Waals surface area contributed by atoms with Gasteiger partial charge in [0, 0.05) is 5.02 Å². The zero-order chi connectivity index (χ0) is 32.2. The summed E-state index contributed by atoms with van der Waals surface area (Å²) in [7, 11) is 4.62. The molecule has 0 aliphatic carbocycles. The van der Waals surface area contributed by atoms with Crippen molar-refractivity contribution in [1.29, 1.82) is 0 Å². The van der Waals surface area contributed by atoms with E-state index in [2.05, 4.69) is 20.9 Å². The Balaban J connectivity index is 1.59. The minimum Gasteiger partial charge on any atom is -0.493 e. The quantitative estimate of drug-likeness (QED) is 0.191. The molecule has 1 aliphatic heterocycles. The van der Waals surface area contributed by atoms with Crippen LogP contribution in [0.1, 0.15) is 36.6 Å². The van der Waals surface area contributed by atoms with Crippen LogP contribution in [0.3, 0.4) is 0 Å². The number of rotatable bonds is 10. The molecule has 0 N–H and O–H groups in total. The Bertz CT molecular complexity index is 1970. The number of benzene rings is 3. The molecule has 3 aromatic carbocycles. The first kappa shape index (κ1) is 32.3. The third-order valence-corrected chi connectivity index (χ3v) is 8.91. The Morgan fingerprint density at radius 3 is 2.40 bits per heavy atom. The van der Waals surface area contributed by atoms with Crippen LogP contribution in [-0.2, 0) is 16.1 Å². The summed E-state index contributed by atoms with van der Waals surface area (Å²) in [5.41, 5.74) is 2.71. The van der Waals surface area contributed by atoms with Gasteiger partial charge in [-0.3, -0.25) is 9.36 Å². The van der Waals surface area contributed by atoms with Crippen LogP contribution >= 0.6 is 38.9 Å². The third-order valence-electron chi connectivity index (χ3n) is 7.09. The van der Waals surface area contributed by atoms with Crippen LogP contribution in [0.2, 0.25) is 5.02 Å². The highest BCUT2D eigenvalue weighted by Crippen LogP contribution is 2.38. The first-order valence-electron chi connectivity index (χ1n) is 13.8. The van der Waals surface area contributed by atoms with Gasteiger partial charge in [0.2, 0.25) is 0 Å². The van der Waals surface area contributed by atoms with E-state index in [1.54, 1.807) is 70.5 Å². The Labute approximate surface area is 277 Å². The third kappa shape index (κ3) is 6.66. The molecule has 0 fully saturated rings. The molecule has 5 rings (SSSR count). The molecule has 45 heavy (non-hydrogen) atoms. The number of halogens is 2. The van der Waals surface area contributed by atoms with Crippen LogP contribution in [0, 0.1) is 0 Å². The van der Waals surface area contributed by atoms with Crippen LogP contribution in [0.5, 0.6) is 23.0 Å². The van der Waals surface area contributed by atoms with Crippen molar-refractivity contribution in [2.45, 2.75) is 26.5 Å². The van der Waals surface area contributed by atoms with Crippen molar-refractivity contribution in [2.75, 3.05) is 27.9 Å². The molecule has 9 nitrogen and oxygen atoms in total. The Hall–Kier alpha value is -4.06. The number of esters is 1. The molecular weight excluding hydrogens is 684 g/mol. The number of carbonyl (C=O) groups excluding carboxylic acids is 1. The summed E-state index contributed by atoms with van der Waals surface area (Å²) < 4.78 is 30.6. The average molecular weight is 714 g/mol. The number of allylic oxidation sites excluding steroid dienone is 1. The molecule has 0 radical (unpaired) electrons. The fourth-order valence-corrected chi connectivity index (χ4v) is 6.73. The molecule has 234 valence electrons. The number of thiazole rings is 1. The molecule has 12 heteroatoms. The maximum absolute atomic E-state index is 14.1. The van der Waals surface area contributed by atoms with Crippen molar-refractivity contribution >= 4 is 50.9 Å². The Morgan fingerprint density at radius 2 is 1.73 bits per heavy atom. The summed E-state index contributed by atoms with van der Waals surface area (Å²) in [6, 6.07) is 15.5. The fourth-order valence-electron chi connectivity index (χ4n) is 4.98. The molecular formula is C33H30BrClN2O7S. The highest BCUT2D eigenvalue weighted by atomic mass is 79.9. The largest absolute Gasteiger partial charge is 0.493 e. The maximum Gasteiger partial charge on any atom is 0.338 e. The molecule has 1 aliphatic rings. The van der Waals surface area contributed by atoms with Gasteiger partial charge in [0.15, 0.2) is 27.8 Å². The second-order valence-electron chi connectivity index (χ2n) is 9.87. The van der Waals surface area contributed by atoms with Gasteiger partial charge in [-0.05, 0) is 88.9 Å². The van der Waals surface area contributed by atoms with E-state index < -0.39 is 12.0 Å². The van der Waals surface area contributed by atoms with Gasteiger partial charge in [0.05, 0.1) is 54.3 Å². The number of hydrogen-bond acceptors (Lipinski definition) is 9. The van der Waals surface area contributed by atoms with E-state index in [0.717, 1.165) is 5.56 Å². The maximum atomic E-state index is 14.1. The second kappa shape index (κ2) is 13.9. The van der Waals surface area contributed by atoms with E-state index in [9.17, 15) is 9.59 Å². The Morgan fingerprint density at radius 1 is 1.02 bits per heavy atom. The molecule has 2 heterocycles. The molecule has 0 amide bonds. The van der Waals surface area contributed by atoms with E-state index in [1.807, 2.05) is 18.2 Å². The van der Waals surface area contributed by atoms with Crippen molar-refractivity contribution in [3.05, 3.63) is 112 Å². The van der Waals surface area contributed by atoms with Crippen LogP contribution in [0.25, 0.3) is 6.08 Å². The summed E-state index contributed by atoms with van der Waals surface area (Å²) in [4.78, 5) is 32.4. The molecule has 0 bridgehead atoms. The molecule has 1 aromatic heterocycles. The fraction of sp³-hybridized carbons (Fsp3) is 0.242. The van der Waals surface area contributed by atoms with E-state index in [0.29, 0.717) is 65.3 Å². The number of nitrogens with zero attached hydrogens (tertiary/aromatic N) is 2. The molecule has 0 spiro atoms. The second-order valence-corrected chi connectivity index (χ2v) is 12.2. The normalized spacial score (nSPS) is 14.5. The number of aromatic nitrogens is 1.